The standard InChI is InChI=1S/C54H68N2O13/c1-4-44-36-12-11-35(8-6-18-57)54(64,42(36)14-17-56(44)16-7-19-65-3)45-24-39-49(68-45)41(28-61)51-47-46(40(27-60)52(69-51)53(63)66-5-2)33-20-34(26-59)48(62)38(22-33)37-21-32-13-15-55-43(32)23-31(37)10-9-30(25-58)29-67-50(39)47/h11-13,15,21,23,27,30,34-36,38,42,44-45,55,57-59,61,64H,4-10,14,16-20,22,24-26,28-29H2,1-3H3/t30-,34+,35+,36+,38+,42-,44-,45-,54+/m0/s1. The molecule has 6 aliphatic rings. The molecule has 0 unspecified atom stereocenters. The van der Waals surface area contributed by atoms with Crippen LogP contribution in [0.1, 0.15) is 98.9 Å². The van der Waals surface area contributed by atoms with Crippen LogP contribution in [0.2, 0.25) is 0 Å². The summed E-state index contributed by atoms with van der Waals surface area (Å²) in [5.41, 5.74) is 2.91. The van der Waals surface area contributed by atoms with Gasteiger partial charge in [0.05, 0.1) is 43.1 Å². The number of allylic oxidation sites excluding steroid dienone is 3. The molecule has 15 nitrogen and oxygen atoms in total. The van der Waals surface area contributed by atoms with Gasteiger partial charge in [0.1, 0.15) is 34.7 Å². The molecule has 2 aliphatic carbocycles. The van der Waals surface area contributed by atoms with E-state index in [1.807, 2.05) is 24.4 Å². The molecule has 2 fully saturated rings. The fourth-order valence-corrected chi connectivity index (χ4v) is 12.9. The van der Waals surface area contributed by atoms with Crippen molar-refractivity contribution in [3.63, 3.8) is 0 Å². The van der Waals surface area contributed by atoms with Crippen molar-refractivity contribution in [1.82, 2.24) is 9.88 Å². The van der Waals surface area contributed by atoms with Crippen LogP contribution >= 0.6 is 0 Å². The first-order valence-corrected chi connectivity index (χ1v) is 25.1. The van der Waals surface area contributed by atoms with E-state index in [9.17, 15) is 39.9 Å². The number of esters is 1. The number of likely N-dealkylation sites (tertiary alicyclic amines) is 1. The second-order valence-corrected chi connectivity index (χ2v) is 19.8. The lowest BCUT2D eigenvalue weighted by Gasteiger charge is -2.55. The molecule has 15 heteroatoms. The summed E-state index contributed by atoms with van der Waals surface area (Å²) in [6, 6.07) is 6.13. The summed E-state index contributed by atoms with van der Waals surface area (Å²) in [5, 5.41) is 58.1. The molecule has 2 bridgehead atoms. The number of aromatic nitrogens is 1. The minimum absolute atomic E-state index is 0.0142. The van der Waals surface area contributed by atoms with Crippen molar-refractivity contribution < 1.29 is 63.6 Å². The van der Waals surface area contributed by atoms with Crippen molar-refractivity contribution in [3.05, 3.63) is 81.3 Å². The minimum Gasteiger partial charge on any atom is -0.492 e. The predicted molar refractivity (Wildman–Crippen MR) is 256 cm³/mol. The third-order valence-corrected chi connectivity index (χ3v) is 16.2. The topological polar surface area (TPSA) is 218 Å². The van der Waals surface area contributed by atoms with Crippen molar-refractivity contribution >= 4 is 34.5 Å². The lowest BCUT2D eigenvalue weighted by atomic mass is 9.58. The molecule has 1 saturated heterocycles. The number of rotatable bonds is 15. The Morgan fingerprint density at radius 3 is 2.59 bits per heavy atom. The van der Waals surface area contributed by atoms with Gasteiger partial charge in [-0.15, -0.1) is 0 Å². The van der Waals surface area contributed by atoms with E-state index >= 15 is 0 Å². The molecule has 2 aromatic carbocycles. The van der Waals surface area contributed by atoms with Crippen molar-refractivity contribution in [2.24, 2.45) is 29.6 Å². The number of carbonyl (C=O) groups is 3. The lowest BCUT2D eigenvalue weighted by molar-refractivity contribution is -0.162. The summed E-state index contributed by atoms with van der Waals surface area (Å²) in [6.45, 7) is 4.71. The highest BCUT2D eigenvalue weighted by Gasteiger charge is 2.59. The Bertz CT molecular complexity index is 2530. The number of aliphatic hydroxyl groups is 5. The number of aromatic amines is 1. The van der Waals surface area contributed by atoms with Gasteiger partial charge in [-0.1, -0.05) is 24.6 Å². The number of ether oxygens (including phenoxy) is 5. The fourth-order valence-electron chi connectivity index (χ4n) is 12.9. The summed E-state index contributed by atoms with van der Waals surface area (Å²) in [4.78, 5) is 48.0. The molecule has 372 valence electrons. The third kappa shape index (κ3) is 8.65. The van der Waals surface area contributed by atoms with Gasteiger partial charge in [0.15, 0.2) is 6.29 Å². The van der Waals surface area contributed by atoms with Crippen LogP contribution in [0.4, 0.5) is 0 Å². The number of carbonyl (C=O) groups excluding carboxylic acids is 3. The van der Waals surface area contributed by atoms with E-state index < -0.39 is 60.3 Å². The molecule has 5 heterocycles. The Morgan fingerprint density at radius 2 is 1.87 bits per heavy atom. The average molecular weight is 953 g/mol. The monoisotopic (exact) mass is 952 g/mol. The summed E-state index contributed by atoms with van der Waals surface area (Å²) < 4.78 is 31.5. The normalized spacial score (nSPS) is 28.8. The van der Waals surface area contributed by atoms with Crippen LogP contribution < -0.4 is 14.2 Å². The summed E-state index contributed by atoms with van der Waals surface area (Å²) in [7, 11) is 1.71. The highest BCUT2D eigenvalue weighted by atomic mass is 16.6. The number of aldehydes is 1. The Hall–Kier alpha value is -4.87. The average Bonchev–Trinajstić information content (AvgIpc) is 4.03. The van der Waals surface area contributed by atoms with Crippen LogP contribution in [0.15, 0.2) is 53.5 Å². The molecule has 9 atom stereocenters. The number of methoxy groups -OCH3 is 1. The van der Waals surface area contributed by atoms with E-state index in [4.69, 9.17) is 23.7 Å². The lowest BCUT2D eigenvalue weighted by Crippen LogP contribution is -2.64. The molecule has 0 radical (unpaired) electrons. The van der Waals surface area contributed by atoms with Crippen molar-refractivity contribution in [2.45, 2.75) is 108 Å². The van der Waals surface area contributed by atoms with Gasteiger partial charge >= 0.3 is 5.97 Å². The zero-order chi connectivity index (χ0) is 48.6. The fraction of sp³-hybridized carbons (Fsp3) is 0.574. The number of H-pyrrole nitrogens is 1. The number of aliphatic hydroxyl groups excluding tert-OH is 4. The number of hydrogen-bond donors (Lipinski definition) is 6. The Kier molecular flexibility index (Phi) is 14.8. The number of hydrogen-bond acceptors (Lipinski definition) is 14. The number of fused-ring (bicyclic) bond motifs is 8. The van der Waals surface area contributed by atoms with E-state index in [0.29, 0.717) is 56.1 Å². The van der Waals surface area contributed by atoms with Gasteiger partial charge in [0, 0.05) is 98.4 Å². The van der Waals surface area contributed by atoms with E-state index in [2.05, 4.69) is 29.0 Å². The maximum absolute atomic E-state index is 14.6. The van der Waals surface area contributed by atoms with Gasteiger partial charge in [0.25, 0.3) is 0 Å². The maximum atomic E-state index is 14.6. The molecule has 6 N–H and O–H groups in total. The smallest absolute Gasteiger partial charge is 0.375 e. The number of benzene rings is 2. The third-order valence-electron chi connectivity index (χ3n) is 16.2. The second-order valence-electron chi connectivity index (χ2n) is 19.8. The van der Waals surface area contributed by atoms with Crippen molar-refractivity contribution in [2.75, 3.05) is 59.8 Å². The van der Waals surface area contributed by atoms with Gasteiger partial charge < -0.3 is 54.2 Å². The molecule has 69 heavy (non-hydrogen) atoms. The van der Waals surface area contributed by atoms with Crippen molar-refractivity contribution in [3.8, 4) is 17.2 Å². The molecule has 9 rings (SSSR count). The van der Waals surface area contributed by atoms with Crippen molar-refractivity contribution in [1.29, 1.82) is 0 Å². The van der Waals surface area contributed by atoms with Crippen LogP contribution in [0, 0.1) is 29.6 Å². The molecular weight excluding hydrogens is 885 g/mol. The van der Waals surface area contributed by atoms with Crippen LogP contribution in [-0.2, 0) is 43.3 Å². The number of nitrogens with one attached hydrogen (secondary N) is 1. The zero-order valence-corrected chi connectivity index (χ0v) is 40.0. The summed E-state index contributed by atoms with van der Waals surface area (Å²) in [5.74, 6) is -3.59. The molecule has 4 aliphatic heterocycles. The number of ketones is 1. The quantitative estimate of drug-likeness (QED) is 0.0496. The Balaban J connectivity index is 1.25. The van der Waals surface area contributed by atoms with Gasteiger partial charge in [-0.2, -0.15) is 0 Å². The summed E-state index contributed by atoms with van der Waals surface area (Å²) >= 11 is 0. The van der Waals surface area contributed by atoms with E-state index in [-0.39, 0.29) is 109 Å². The predicted octanol–water partition coefficient (Wildman–Crippen LogP) is 5.26. The van der Waals surface area contributed by atoms with E-state index in [1.54, 1.807) is 14.0 Å². The molecular formula is C54H68N2O13. The Morgan fingerprint density at radius 1 is 1.03 bits per heavy atom. The van der Waals surface area contributed by atoms with E-state index in [1.165, 1.54) is 0 Å². The first kappa shape index (κ1) is 49.1. The molecule has 1 aromatic heterocycles. The van der Waals surface area contributed by atoms with Crippen LogP contribution in [-0.4, -0.2) is 131 Å². The highest BCUT2D eigenvalue weighted by molar-refractivity contribution is 6.11. The van der Waals surface area contributed by atoms with Gasteiger partial charge in [-0.25, -0.2) is 4.79 Å². The molecule has 0 spiro atoms. The van der Waals surface area contributed by atoms with Crippen LogP contribution in [0.25, 0.3) is 16.5 Å². The van der Waals surface area contributed by atoms with Gasteiger partial charge in [-0.3, -0.25) is 14.5 Å². The number of nitrogens with zero attached hydrogens (tertiary/aromatic N) is 1. The molecule has 1 saturated carbocycles. The largest absolute Gasteiger partial charge is 0.492 e. The first-order chi connectivity index (χ1) is 33.6. The number of Topliss-reactive ketones (excluding diaryl/α,β-unsaturated/α-hetero) is 1. The summed E-state index contributed by atoms with van der Waals surface area (Å²) in [6.07, 6.45) is 10.6. The Labute approximate surface area is 403 Å². The number of piperidine rings is 1. The molecule has 0 amide bonds. The van der Waals surface area contributed by atoms with Crippen LogP contribution in [0.3, 0.4) is 0 Å². The highest BCUT2D eigenvalue weighted by Crippen LogP contribution is 2.59. The molecule has 3 aromatic rings. The zero-order valence-electron chi connectivity index (χ0n) is 40.0. The maximum Gasteiger partial charge on any atom is 0.375 e. The van der Waals surface area contributed by atoms with E-state index in [0.717, 1.165) is 48.0 Å². The minimum atomic E-state index is -1.46. The second kappa shape index (κ2) is 20.8. The number of aryl methyl sites for hydroxylation is 1. The first-order valence-electron chi connectivity index (χ1n) is 25.1. The van der Waals surface area contributed by atoms with Gasteiger partial charge in [-0.05, 0) is 112 Å². The SMILES string of the molecule is CCOC(=O)C1=C(C=O)C2=C3C[C@H](CO)C(=O)[C@H](C3)c3cc4cc[nH]c4cc3CC[C@@H](CO)COc3c4c(c(CO)c(c32)O1)O[C@H]([C@@]1(O)[C@H](CCCO)C=C[C@H]2[C@H](CC)N(CCCOC)CC[C@@H]21)C4. The van der Waals surface area contributed by atoms with Gasteiger partial charge in [0.2, 0.25) is 5.76 Å². The van der Waals surface area contributed by atoms with Crippen LogP contribution in [0.5, 0.6) is 17.2 Å².